The van der Waals surface area contributed by atoms with E-state index in [1.165, 1.54) is 0 Å². The van der Waals surface area contributed by atoms with Crippen LogP contribution in [0.2, 0.25) is 0 Å². The van der Waals surface area contributed by atoms with Gasteiger partial charge in [-0.3, -0.25) is 4.79 Å². The second kappa shape index (κ2) is 6.45. The molecule has 0 saturated carbocycles. The van der Waals surface area contributed by atoms with Crippen molar-refractivity contribution in [3.8, 4) is 6.07 Å². The molecule has 6 nitrogen and oxygen atoms in total. The van der Waals surface area contributed by atoms with Crippen LogP contribution in [0.4, 0.5) is 5.00 Å². The molecule has 1 N–H and O–H groups in total. The Morgan fingerprint density at radius 3 is 2.68 bits per heavy atom. The molecule has 2 heterocycles. The predicted molar refractivity (Wildman–Crippen MR) is 81.1 cm³/mol. The molecule has 114 valence electrons. The van der Waals surface area contributed by atoms with Crippen LogP contribution in [0, 0.1) is 25.2 Å². The maximum Gasteiger partial charge on any atom is 0.348 e. The average Bonchev–Trinajstić information content (AvgIpc) is 3.03. The molecular formula is C15H14N2O4S. The number of furan rings is 1. The maximum atomic E-state index is 12.1. The summed E-state index contributed by atoms with van der Waals surface area (Å²) in [6.45, 7) is 5.32. The normalized spacial score (nSPS) is 10.1. The quantitative estimate of drug-likeness (QED) is 0.873. The van der Waals surface area contributed by atoms with Crippen LogP contribution in [0.5, 0.6) is 0 Å². The standard InChI is InChI=1S/C15H14N2O4S/c1-4-20-15(19)12-9(3)10(7-16)14(22-12)17-13(18)11-6-5-8(2)21-11/h5-6H,4H2,1-3H3,(H,17,18). The van der Waals surface area contributed by atoms with Gasteiger partial charge in [0.25, 0.3) is 5.91 Å². The van der Waals surface area contributed by atoms with Gasteiger partial charge in [0.1, 0.15) is 21.7 Å². The first-order valence-electron chi connectivity index (χ1n) is 6.56. The van der Waals surface area contributed by atoms with Crippen LogP contribution in [-0.4, -0.2) is 18.5 Å². The van der Waals surface area contributed by atoms with E-state index in [-0.39, 0.29) is 17.9 Å². The van der Waals surface area contributed by atoms with Gasteiger partial charge in [-0.05, 0) is 38.5 Å². The molecule has 2 rings (SSSR count). The number of amides is 1. The highest BCUT2D eigenvalue weighted by atomic mass is 32.1. The molecule has 0 aliphatic carbocycles. The number of aryl methyl sites for hydroxylation is 1. The molecule has 0 atom stereocenters. The first-order chi connectivity index (χ1) is 10.5. The van der Waals surface area contributed by atoms with Gasteiger partial charge in [-0.25, -0.2) is 4.79 Å². The molecule has 2 aromatic heterocycles. The van der Waals surface area contributed by atoms with Crippen molar-refractivity contribution in [3.05, 3.63) is 39.7 Å². The van der Waals surface area contributed by atoms with Crippen LogP contribution >= 0.6 is 11.3 Å². The van der Waals surface area contributed by atoms with E-state index in [1.807, 2.05) is 6.07 Å². The Labute approximate surface area is 131 Å². The number of carbonyl (C=O) groups excluding carboxylic acids is 2. The van der Waals surface area contributed by atoms with Crippen LogP contribution in [0.25, 0.3) is 0 Å². The van der Waals surface area contributed by atoms with E-state index in [4.69, 9.17) is 9.15 Å². The number of nitrogens with zero attached hydrogens (tertiary/aromatic N) is 1. The zero-order valence-corrected chi connectivity index (χ0v) is 13.2. The highest BCUT2D eigenvalue weighted by Gasteiger charge is 2.23. The Bertz CT molecular complexity index is 767. The predicted octanol–water partition coefficient (Wildman–Crippen LogP) is 3.26. The summed E-state index contributed by atoms with van der Waals surface area (Å²) in [6.07, 6.45) is 0. The molecule has 0 bridgehead atoms. The molecule has 0 aliphatic heterocycles. The fourth-order valence-corrected chi connectivity index (χ4v) is 2.89. The smallest absolute Gasteiger partial charge is 0.348 e. The Balaban J connectivity index is 2.31. The van der Waals surface area contributed by atoms with Crippen molar-refractivity contribution in [2.24, 2.45) is 0 Å². The van der Waals surface area contributed by atoms with E-state index in [0.29, 0.717) is 21.2 Å². The van der Waals surface area contributed by atoms with E-state index in [1.54, 1.807) is 32.9 Å². The van der Waals surface area contributed by atoms with Crippen molar-refractivity contribution in [1.29, 1.82) is 5.26 Å². The largest absolute Gasteiger partial charge is 0.462 e. The Kier molecular flexibility index (Phi) is 4.63. The fourth-order valence-electron chi connectivity index (χ4n) is 1.85. The number of hydrogen-bond acceptors (Lipinski definition) is 6. The third-order valence-corrected chi connectivity index (χ3v) is 4.10. The second-order valence-corrected chi connectivity index (χ2v) is 5.48. The molecule has 22 heavy (non-hydrogen) atoms. The van der Waals surface area contributed by atoms with Crippen LogP contribution in [0.15, 0.2) is 16.5 Å². The zero-order valence-electron chi connectivity index (χ0n) is 12.4. The summed E-state index contributed by atoms with van der Waals surface area (Å²) in [5, 5.41) is 12.2. The third kappa shape index (κ3) is 3.02. The average molecular weight is 318 g/mol. The number of nitrogens with one attached hydrogen (secondary N) is 1. The van der Waals surface area contributed by atoms with Gasteiger partial charge in [0.15, 0.2) is 5.76 Å². The number of ether oxygens (including phenoxy) is 1. The topological polar surface area (TPSA) is 92.3 Å². The molecule has 0 aromatic carbocycles. The molecular weight excluding hydrogens is 304 g/mol. The molecule has 0 fully saturated rings. The van der Waals surface area contributed by atoms with E-state index in [0.717, 1.165) is 11.3 Å². The molecule has 1 amide bonds. The van der Waals surface area contributed by atoms with Crippen molar-refractivity contribution < 1.29 is 18.7 Å². The van der Waals surface area contributed by atoms with Crippen molar-refractivity contribution in [2.75, 3.05) is 11.9 Å². The summed E-state index contributed by atoms with van der Waals surface area (Å²) in [7, 11) is 0. The highest BCUT2D eigenvalue weighted by Crippen LogP contribution is 2.33. The van der Waals surface area contributed by atoms with E-state index in [9.17, 15) is 14.9 Å². The van der Waals surface area contributed by atoms with Gasteiger partial charge in [-0.15, -0.1) is 11.3 Å². The molecule has 0 saturated heterocycles. The van der Waals surface area contributed by atoms with Crippen molar-refractivity contribution in [2.45, 2.75) is 20.8 Å². The fraction of sp³-hybridized carbons (Fsp3) is 0.267. The number of rotatable bonds is 4. The molecule has 0 radical (unpaired) electrons. The summed E-state index contributed by atoms with van der Waals surface area (Å²) in [6, 6.07) is 5.22. The Morgan fingerprint density at radius 1 is 1.41 bits per heavy atom. The third-order valence-electron chi connectivity index (χ3n) is 2.91. The number of thiophene rings is 1. The lowest BCUT2D eigenvalue weighted by atomic mass is 10.2. The number of anilines is 1. The van der Waals surface area contributed by atoms with Gasteiger partial charge in [0.2, 0.25) is 0 Å². The van der Waals surface area contributed by atoms with Crippen LogP contribution in [-0.2, 0) is 4.74 Å². The van der Waals surface area contributed by atoms with E-state index >= 15 is 0 Å². The summed E-state index contributed by atoms with van der Waals surface area (Å²) in [4.78, 5) is 24.3. The lowest BCUT2D eigenvalue weighted by molar-refractivity contribution is 0.0531. The Morgan fingerprint density at radius 2 is 2.14 bits per heavy atom. The number of nitriles is 1. The van der Waals surface area contributed by atoms with Crippen LogP contribution in [0.3, 0.4) is 0 Å². The number of esters is 1. The minimum absolute atomic E-state index is 0.144. The van der Waals surface area contributed by atoms with Gasteiger partial charge in [0.05, 0.1) is 12.2 Å². The van der Waals surface area contributed by atoms with Gasteiger partial charge in [-0.2, -0.15) is 5.26 Å². The van der Waals surface area contributed by atoms with Crippen LogP contribution in [0.1, 0.15) is 44.0 Å². The van der Waals surface area contributed by atoms with Gasteiger partial charge >= 0.3 is 5.97 Å². The van der Waals surface area contributed by atoms with E-state index < -0.39 is 11.9 Å². The monoisotopic (exact) mass is 318 g/mol. The Hall–Kier alpha value is -2.59. The summed E-state index contributed by atoms with van der Waals surface area (Å²) in [5.41, 5.74) is 0.751. The lowest BCUT2D eigenvalue weighted by Gasteiger charge is -2.00. The van der Waals surface area contributed by atoms with Crippen molar-refractivity contribution >= 4 is 28.2 Å². The number of hydrogen-bond donors (Lipinski definition) is 1. The highest BCUT2D eigenvalue weighted by molar-refractivity contribution is 7.18. The minimum atomic E-state index is -0.504. The molecule has 0 aliphatic rings. The summed E-state index contributed by atoms with van der Waals surface area (Å²) >= 11 is 1.02. The van der Waals surface area contributed by atoms with Gasteiger partial charge in [0, 0.05) is 0 Å². The SMILES string of the molecule is CCOC(=O)c1sc(NC(=O)c2ccc(C)o2)c(C#N)c1C. The number of carbonyl (C=O) groups is 2. The minimum Gasteiger partial charge on any atom is -0.462 e. The van der Waals surface area contributed by atoms with Gasteiger partial charge in [-0.1, -0.05) is 0 Å². The second-order valence-electron chi connectivity index (χ2n) is 4.46. The van der Waals surface area contributed by atoms with Gasteiger partial charge < -0.3 is 14.5 Å². The van der Waals surface area contributed by atoms with E-state index in [2.05, 4.69) is 5.32 Å². The lowest BCUT2D eigenvalue weighted by Crippen LogP contribution is -2.10. The zero-order chi connectivity index (χ0) is 16.3. The molecule has 0 spiro atoms. The van der Waals surface area contributed by atoms with Crippen molar-refractivity contribution in [1.82, 2.24) is 0 Å². The molecule has 2 aromatic rings. The molecule has 0 unspecified atom stereocenters. The first kappa shape index (κ1) is 15.8. The summed E-state index contributed by atoms with van der Waals surface area (Å²) < 4.78 is 10.2. The summed E-state index contributed by atoms with van der Waals surface area (Å²) in [5.74, 6) is -0.220. The van der Waals surface area contributed by atoms with Crippen LogP contribution < -0.4 is 5.32 Å². The first-order valence-corrected chi connectivity index (χ1v) is 7.38. The molecule has 7 heteroatoms. The van der Waals surface area contributed by atoms with Crippen molar-refractivity contribution in [3.63, 3.8) is 0 Å². The maximum absolute atomic E-state index is 12.1.